The fourth-order valence-corrected chi connectivity index (χ4v) is 2.78. The number of amides is 1. The zero-order chi connectivity index (χ0) is 16.1. The molecule has 0 unspecified atom stereocenters. The van der Waals surface area contributed by atoms with Crippen LogP contribution in [0.2, 0.25) is 0 Å². The summed E-state index contributed by atoms with van der Waals surface area (Å²) in [4.78, 5) is 25.4. The molecule has 0 atom stereocenters. The molecule has 0 saturated carbocycles. The number of nitrogens with zero attached hydrogens (tertiary/aromatic N) is 4. The highest BCUT2D eigenvalue weighted by Crippen LogP contribution is 2.15. The van der Waals surface area contributed by atoms with Crippen LogP contribution in [0.3, 0.4) is 0 Å². The molecule has 3 heterocycles. The van der Waals surface area contributed by atoms with Crippen LogP contribution < -0.4 is 5.32 Å². The van der Waals surface area contributed by atoms with Crippen molar-refractivity contribution in [2.45, 2.75) is 6.54 Å². The van der Waals surface area contributed by atoms with Crippen LogP contribution in [-0.2, 0) is 6.54 Å². The van der Waals surface area contributed by atoms with E-state index in [9.17, 15) is 4.79 Å². The largest absolute Gasteiger partial charge is 0.372 e. The van der Waals surface area contributed by atoms with E-state index >= 15 is 0 Å². The lowest BCUT2D eigenvalue weighted by Crippen LogP contribution is -2.48. The molecule has 120 valence electrons. The zero-order valence-electron chi connectivity index (χ0n) is 13.3. The van der Waals surface area contributed by atoms with E-state index in [4.69, 9.17) is 0 Å². The van der Waals surface area contributed by atoms with Crippen molar-refractivity contribution >= 4 is 11.7 Å². The minimum atomic E-state index is 0.0416. The minimum Gasteiger partial charge on any atom is -0.372 e. The van der Waals surface area contributed by atoms with E-state index in [1.54, 1.807) is 19.3 Å². The van der Waals surface area contributed by atoms with E-state index in [-0.39, 0.29) is 5.91 Å². The third-order valence-electron chi connectivity index (χ3n) is 4.05. The number of hydrogen-bond donors (Lipinski definition) is 1. The maximum atomic E-state index is 12.7. The van der Waals surface area contributed by atoms with Crippen LogP contribution in [0.1, 0.15) is 16.1 Å². The van der Waals surface area contributed by atoms with Crippen LogP contribution in [0, 0.1) is 0 Å². The molecule has 1 amide bonds. The molecule has 6 nitrogen and oxygen atoms in total. The number of carbonyl (C=O) groups excluding carboxylic acids is 1. The first kappa shape index (κ1) is 15.4. The van der Waals surface area contributed by atoms with Crippen LogP contribution in [0.15, 0.2) is 42.7 Å². The second-order valence-electron chi connectivity index (χ2n) is 5.54. The van der Waals surface area contributed by atoms with Crippen molar-refractivity contribution in [3.8, 4) is 0 Å². The number of hydrogen-bond acceptors (Lipinski definition) is 5. The molecule has 3 rings (SSSR count). The quantitative estimate of drug-likeness (QED) is 0.926. The lowest BCUT2D eigenvalue weighted by Gasteiger charge is -2.34. The van der Waals surface area contributed by atoms with Crippen molar-refractivity contribution in [3.05, 3.63) is 54.0 Å². The van der Waals surface area contributed by atoms with Crippen LogP contribution in [-0.4, -0.2) is 58.9 Å². The molecule has 1 fully saturated rings. The highest BCUT2D eigenvalue weighted by atomic mass is 16.2. The molecular weight excluding hydrogens is 290 g/mol. The van der Waals surface area contributed by atoms with Crippen LogP contribution in [0.25, 0.3) is 0 Å². The first-order chi connectivity index (χ1) is 11.3. The molecule has 6 heteroatoms. The number of aromatic nitrogens is 2. The number of rotatable bonds is 4. The summed E-state index contributed by atoms with van der Waals surface area (Å²) in [5.41, 5.74) is 1.70. The Bertz CT molecular complexity index is 653. The maximum Gasteiger partial charge on any atom is 0.257 e. The topological polar surface area (TPSA) is 61.4 Å². The van der Waals surface area contributed by atoms with Gasteiger partial charge < -0.3 is 10.2 Å². The molecule has 1 aliphatic rings. The molecule has 1 aliphatic heterocycles. The van der Waals surface area contributed by atoms with E-state index in [2.05, 4.69) is 20.2 Å². The van der Waals surface area contributed by atoms with Gasteiger partial charge in [0.1, 0.15) is 5.82 Å². The molecule has 0 aromatic carbocycles. The summed E-state index contributed by atoms with van der Waals surface area (Å²) in [7, 11) is 1.78. The fraction of sp³-hybridized carbons (Fsp3) is 0.353. The summed E-state index contributed by atoms with van der Waals surface area (Å²) >= 11 is 0. The smallest absolute Gasteiger partial charge is 0.257 e. The minimum absolute atomic E-state index is 0.0416. The summed E-state index contributed by atoms with van der Waals surface area (Å²) in [5, 5.41) is 2.98. The Morgan fingerprint density at radius 1 is 1.09 bits per heavy atom. The van der Waals surface area contributed by atoms with Crippen molar-refractivity contribution in [2.75, 3.05) is 38.5 Å². The van der Waals surface area contributed by atoms with Crippen LogP contribution in [0.5, 0.6) is 0 Å². The van der Waals surface area contributed by atoms with E-state index in [0.29, 0.717) is 11.4 Å². The van der Waals surface area contributed by atoms with Gasteiger partial charge in [-0.05, 0) is 24.3 Å². The third-order valence-corrected chi connectivity index (χ3v) is 4.05. The molecule has 0 bridgehead atoms. The normalized spacial score (nSPS) is 15.4. The lowest BCUT2D eigenvalue weighted by atomic mass is 10.2. The van der Waals surface area contributed by atoms with Gasteiger partial charge in [0.15, 0.2) is 0 Å². The number of piperazine rings is 1. The Morgan fingerprint density at radius 3 is 2.57 bits per heavy atom. The number of anilines is 1. The Labute approximate surface area is 136 Å². The van der Waals surface area contributed by atoms with Crippen molar-refractivity contribution in [2.24, 2.45) is 0 Å². The standard InChI is InChI=1S/C17H21N5O/c1-18-16-15(6-4-8-20-16)17(23)22-11-9-21(10-12-22)13-14-5-2-3-7-19-14/h2-8H,9-13H2,1H3,(H,18,20). The van der Waals surface area contributed by atoms with Crippen molar-refractivity contribution in [3.63, 3.8) is 0 Å². The maximum absolute atomic E-state index is 12.7. The fourth-order valence-electron chi connectivity index (χ4n) is 2.78. The Hall–Kier alpha value is -2.47. The summed E-state index contributed by atoms with van der Waals surface area (Å²) in [6.07, 6.45) is 3.50. The van der Waals surface area contributed by atoms with Crippen molar-refractivity contribution in [1.82, 2.24) is 19.8 Å². The van der Waals surface area contributed by atoms with E-state index < -0.39 is 0 Å². The van der Waals surface area contributed by atoms with Gasteiger partial charge in [0.25, 0.3) is 5.91 Å². The zero-order valence-corrected chi connectivity index (χ0v) is 13.3. The molecule has 0 spiro atoms. The summed E-state index contributed by atoms with van der Waals surface area (Å²) < 4.78 is 0. The average molecular weight is 311 g/mol. The Balaban J connectivity index is 1.59. The summed E-state index contributed by atoms with van der Waals surface area (Å²) in [5.74, 6) is 0.674. The molecule has 2 aromatic rings. The monoisotopic (exact) mass is 311 g/mol. The van der Waals surface area contributed by atoms with E-state index in [0.717, 1.165) is 38.4 Å². The van der Waals surface area contributed by atoms with Gasteiger partial charge in [-0.25, -0.2) is 4.98 Å². The predicted octanol–water partition coefficient (Wildman–Crippen LogP) is 1.48. The van der Waals surface area contributed by atoms with Crippen LogP contribution in [0.4, 0.5) is 5.82 Å². The van der Waals surface area contributed by atoms with Gasteiger partial charge in [0.2, 0.25) is 0 Å². The third kappa shape index (κ3) is 3.65. The molecule has 2 aromatic heterocycles. The molecule has 23 heavy (non-hydrogen) atoms. The molecule has 0 aliphatic carbocycles. The first-order valence-electron chi connectivity index (χ1n) is 7.82. The van der Waals surface area contributed by atoms with Gasteiger partial charge in [-0.15, -0.1) is 0 Å². The molecule has 1 saturated heterocycles. The van der Waals surface area contributed by atoms with Gasteiger partial charge >= 0.3 is 0 Å². The molecule has 0 radical (unpaired) electrons. The predicted molar refractivity (Wildman–Crippen MR) is 89.2 cm³/mol. The summed E-state index contributed by atoms with van der Waals surface area (Å²) in [6, 6.07) is 9.58. The molecule has 1 N–H and O–H groups in total. The number of carbonyl (C=O) groups is 1. The Kier molecular flexibility index (Phi) is 4.83. The van der Waals surface area contributed by atoms with Gasteiger partial charge in [0, 0.05) is 52.2 Å². The van der Waals surface area contributed by atoms with Gasteiger partial charge in [-0.1, -0.05) is 6.07 Å². The van der Waals surface area contributed by atoms with Gasteiger partial charge in [-0.3, -0.25) is 14.7 Å². The van der Waals surface area contributed by atoms with Crippen LogP contribution >= 0.6 is 0 Å². The highest BCUT2D eigenvalue weighted by Gasteiger charge is 2.24. The van der Waals surface area contributed by atoms with Crippen molar-refractivity contribution < 1.29 is 4.79 Å². The highest BCUT2D eigenvalue weighted by molar-refractivity contribution is 5.98. The second-order valence-corrected chi connectivity index (χ2v) is 5.54. The average Bonchev–Trinajstić information content (AvgIpc) is 2.62. The Morgan fingerprint density at radius 2 is 1.87 bits per heavy atom. The number of nitrogens with one attached hydrogen (secondary N) is 1. The lowest BCUT2D eigenvalue weighted by molar-refractivity contribution is 0.0627. The second kappa shape index (κ2) is 7.19. The van der Waals surface area contributed by atoms with Gasteiger partial charge in [0.05, 0.1) is 11.3 Å². The van der Waals surface area contributed by atoms with E-state index in [1.165, 1.54) is 0 Å². The number of pyridine rings is 2. The first-order valence-corrected chi connectivity index (χ1v) is 7.82. The SMILES string of the molecule is CNc1ncccc1C(=O)N1CCN(Cc2ccccn2)CC1. The van der Waals surface area contributed by atoms with Gasteiger partial charge in [-0.2, -0.15) is 0 Å². The van der Waals surface area contributed by atoms with Crippen molar-refractivity contribution in [1.29, 1.82) is 0 Å². The summed E-state index contributed by atoms with van der Waals surface area (Å²) in [6.45, 7) is 4.00. The van der Waals surface area contributed by atoms with E-state index in [1.807, 2.05) is 35.4 Å². The molecular formula is C17H21N5O.